The van der Waals surface area contributed by atoms with E-state index in [0.29, 0.717) is 0 Å². The van der Waals surface area contributed by atoms with Crippen molar-refractivity contribution in [3.63, 3.8) is 0 Å². The van der Waals surface area contributed by atoms with Gasteiger partial charge in [0.1, 0.15) is 11.9 Å². The number of aliphatic hydroxyl groups is 1. The number of methoxy groups -OCH3 is 1. The van der Waals surface area contributed by atoms with Gasteiger partial charge in [0.25, 0.3) is 0 Å². The number of benzene rings is 1. The van der Waals surface area contributed by atoms with Crippen molar-refractivity contribution in [2.45, 2.75) is 45.5 Å². The highest BCUT2D eigenvalue weighted by molar-refractivity contribution is 5.31. The minimum Gasteiger partial charge on any atom is -0.491 e. The lowest BCUT2D eigenvalue weighted by Gasteiger charge is -2.29. The summed E-state index contributed by atoms with van der Waals surface area (Å²) in [6.45, 7) is 7.66. The third kappa shape index (κ3) is 3.72. The Morgan fingerprint density at radius 2 is 1.88 bits per heavy atom. The molecule has 0 saturated heterocycles. The van der Waals surface area contributed by atoms with Crippen LogP contribution >= 0.6 is 0 Å². The number of ether oxygens (including phenoxy) is 2. The van der Waals surface area contributed by atoms with Gasteiger partial charge in [0, 0.05) is 7.11 Å². The van der Waals surface area contributed by atoms with E-state index in [4.69, 9.17) is 9.47 Å². The van der Waals surface area contributed by atoms with E-state index in [2.05, 4.69) is 0 Å². The van der Waals surface area contributed by atoms with Crippen LogP contribution in [-0.4, -0.2) is 23.9 Å². The predicted molar refractivity (Wildman–Crippen MR) is 68.3 cm³/mol. The lowest BCUT2D eigenvalue weighted by molar-refractivity contribution is -0.0793. The molecule has 0 radical (unpaired) electrons. The molecular weight excluding hydrogens is 216 g/mol. The number of hydrogen-bond donors (Lipinski definition) is 1. The summed E-state index contributed by atoms with van der Waals surface area (Å²) in [5.41, 5.74) is 0.186. The van der Waals surface area contributed by atoms with Crippen molar-refractivity contribution in [1.29, 1.82) is 0 Å². The number of rotatable bonds is 5. The summed E-state index contributed by atoms with van der Waals surface area (Å²) in [5.74, 6) is 0.767. The highest BCUT2D eigenvalue weighted by atomic mass is 16.5. The Bertz CT molecular complexity index is 358. The van der Waals surface area contributed by atoms with Crippen LogP contribution in [0.2, 0.25) is 0 Å². The Kier molecular flexibility index (Phi) is 4.54. The van der Waals surface area contributed by atoms with Crippen LogP contribution in [0.3, 0.4) is 0 Å². The molecule has 1 unspecified atom stereocenters. The third-order valence-electron chi connectivity index (χ3n) is 2.73. The molecule has 1 aromatic carbocycles. The average Bonchev–Trinajstić information content (AvgIpc) is 2.27. The van der Waals surface area contributed by atoms with Crippen LogP contribution in [-0.2, 0) is 4.74 Å². The maximum Gasteiger partial charge on any atom is 0.120 e. The van der Waals surface area contributed by atoms with Crippen molar-refractivity contribution in [1.82, 2.24) is 0 Å². The monoisotopic (exact) mass is 238 g/mol. The van der Waals surface area contributed by atoms with E-state index in [1.54, 1.807) is 7.11 Å². The molecule has 0 amide bonds. The fourth-order valence-electron chi connectivity index (χ4n) is 1.54. The molecule has 17 heavy (non-hydrogen) atoms. The smallest absolute Gasteiger partial charge is 0.120 e. The van der Waals surface area contributed by atoms with Gasteiger partial charge in [0.15, 0.2) is 0 Å². The molecule has 96 valence electrons. The van der Waals surface area contributed by atoms with Crippen LogP contribution in [0, 0.1) is 0 Å². The first-order chi connectivity index (χ1) is 7.86. The van der Waals surface area contributed by atoms with E-state index >= 15 is 0 Å². The Labute approximate surface area is 103 Å². The summed E-state index contributed by atoms with van der Waals surface area (Å²) in [6, 6.07) is 7.49. The molecule has 3 nitrogen and oxygen atoms in total. The molecule has 0 aromatic heterocycles. The zero-order valence-electron chi connectivity index (χ0n) is 11.2. The summed E-state index contributed by atoms with van der Waals surface area (Å²) in [6.07, 6.45) is -0.555. The van der Waals surface area contributed by atoms with Gasteiger partial charge in [-0.1, -0.05) is 12.1 Å². The van der Waals surface area contributed by atoms with Crippen molar-refractivity contribution in [2.75, 3.05) is 7.11 Å². The van der Waals surface area contributed by atoms with E-state index in [1.807, 2.05) is 52.0 Å². The lowest BCUT2D eigenvalue weighted by atomic mass is 9.94. The van der Waals surface area contributed by atoms with Gasteiger partial charge in [-0.2, -0.15) is 0 Å². The summed E-state index contributed by atoms with van der Waals surface area (Å²) in [5, 5.41) is 10.2. The zero-order chi connectivity index (χ0) is 13.1. The number of hydrogen-bond acceptors (Lipinski definition) is 3. The maximum absolute atomic E-state index is 10.2. The highest BCUT2D eigenvalue weighted by Gasteiger charge is 2.28. The van der Waals surface area contributed by atoms with E-state index in [9.17, 15) is 5.11 Å². The van der Waals surface area contributed by atoms with Crippen LogP contribution < -0.4 is 4.74 Å². The van der Waals surface area contributed by atoms with Gasteiger partial charge in [0.05, 0.1) is 11.7 Å². The van der Waals surface area contributed by atoms with Crippen LogP contribution in [0.4, 0.5) is 0 Å². The van der Waals surface area contributed by atoms with Crippen LogP contribution in [0.15, 0.2) is 24.3 Å². The molecule has 1 N–H and O–H groups in total. The molecule has 1 rings (SSSR count). The number of aliphatic hydroxyl groups excluding tert-OH is 1. The van der Waals surface area contributed by atoms with Gasteiger partial charge < -0.3 is 14.6 Å². The van der Waals surface area contributed by atoms with E-state index in [-0.39, 0.29) is 6.10 Å². The summed E-state index contributed by atoms with van der Waals surface area (Å²) < 4.78 is 10.9. The quantitative estimate of drug-likeness (QED) is 0.857. The van der Waals surface area contributed by atoms with Gasteiger partial charge in [-0.05, 0) is 45.4 Å². The fraction of sp³-hybridized carbons (Fsp3) is 0.571. The molecule has 0 spiro atoms. The normalized spacial score (nSPS) is 13.8. The average molecular weight is 238 g/mol. The van der Waals surface area contributed by atoms with Crippen molar-refractivity contribution in [3.8, 4) is 5.75 Å². The summed E-state index contributed by atoms with van der Waals surface area (Å²) in [7, 11) is 1.59. The van der Waals surface area contributed by atoms with Gasteiger partial charge >= 0.3 is 0 Å². The first-order valence-corrected chi connectivity index (χ1v) is 5.86. The SMILES string of the molecule is COC(C)(C)C(O)c1cccc(OC(C)C)c1. The Morgan fingerprint density at radius 3 is 2.41 bits per heavy atom. The molecule has 0 fully saturated rings. The van der Waals surface area contributed by atoms with E-state index < -0.39 is 11.7 Å². The first-order valence-electron chi connectivity index (χ1n) is 5.86. The zero-order valence-corrected chi connectivity index (χ0v) is 11.2. The first kappa shape index (κ1) is 14.0. The Hall–Kier alpha value is -1.06. The van der Waals surface area contributed by atoms with Crippen LogP contribution in [0.25, 0.3) is 0 Å². The molecule has 0 bridgehead atoms. The molecule has 1 aromatic rings. The van der Waals surface area contributed by atoms with E-state index in [1.165, 1.54) is 0 Å². The van der Waals surface area contributed by atoms with Crippen molar-refractivity contribution in [2.24, 2.45) is 0 Å². The Morgan fingerprint density at radius 1 is 1.24 bits per heavy atom. The fourth-order valence-corrected chi connectivity index (χ4v) is 1.54. The molecule has 1 atom stereocenters. The van der Waals surface area contributed by atoms with Crippen LogP contribution in [0.1, 0.15) is 39.4 Å². The second-order valence-corrected chi connectivity index (χ2v) is 4.95. The second kappa shape index (κ2) is 5.52. The van der Waals surface area contributed by atoms with Gasteiger partial charge in [-0.15, -0.1) is 0 Å². The lowest BCUT2D eigenvalue weighted by Crippen LogP contribution is -2.31. The molecule has 0 heterocycles. The molecule has 3 heteroatoms. The van der Waals surface area contributed by atoms with E-state index in [0.717, 1.165) is 11.3 Å². The van der Waals surface area contributed by atoms with Gasteiger partial charge in [0.2, 0.25) is 0 Å². The maximum atomic E-state index is 10.2. The molecule has 0 aliphatic rings. The Balaban J connectivity index is 2.91. The molecule has 0 aliphatic heterocycles. The topological polar surface area (TPSA) is 38.7 Å². The predicted octanol–water partition coefficient (Wildman–Crippen LogP) is 2.93. The van der Waals surface area contributed by atoms with Crippen molar-refractivity contribution >= 4 is 0 Å². The molecular formula is C14H22O3. The summed E-state index contributed by atoms with van der Waals surface area (Å²) >= 11 is 0. The standard InChI is InChI=1S/C14H22O3/c1-10(2)17-12-8-6-7-11(9-12)13(15)14(3,4)16-5/h6-10,13,15H,1-5H3. The second-order valence-electron chi connectivity index (χ2n) is 4.95. The van der Waals surface area contributed by atoms with Gasteiger partial charge in [-0.25, -0.2) is 0 Å². The van der Waals surface area contributed by atoms with Crippen molar-refractivity contribution in [3.05, 3.63) is 29.8 Å². The minimum atomic E-state index is -0.678. The highest BCUT2D eigenvalue weighted by Crippen LogP contribution is 2.30. The minimum absolute atomic E-state index is 0.123. The van der Waals surface area contributed by atoms with Crippen molar-refractivity contribution < 1.29 is 14.6 Å². The molecule has 0 aliphatic carbocycles. The van der Waals surface area contributed by atoms with Gasteiger partial charge in [-0.3, -0.25) is 0 Å². The van der Waals surface area contributed by atoms with Crippen LogP contribution in [0.5, 0.6) is 5.75 Å². The largest absolute Gasteiger partial charge is 0.491 e. The summed E-state index contributed by atoms with van der Waals surface area (Å²) in [4.78, 5) is 0. The molecule has 0 saturated carbocycles. The third-order valence-corrected chi connectivity index (χ3v) is 2.73.